The predicted octanol–water partition coefficient (Wildman–Crippen LogP) is 3.31. The molecule has 0 aromatic carbocycles. The van der Waals surface area contributed by atoms with E-state index >= 15 is 0 Å². The molecule has 9 nitrogen and oxygen atoms in total. The molecule has 0 radical (unpaired) electrons. The highest BCUT2D eigenvalue weighted by molar-refractivity contribution is 7.91. The van der Waals surface area contributed by atoms with Gasteiger partial charge in [0.15, 0.2) is 20.5 Å². The molecule has 1 N–H and O–H groups in total. The topological polar surface area (TPSA) is 107 Å². The van der Waals surface area contributed by atoms with Crippen LogP contribution in [0.3, 0.4) is 0 Å². The number of sulfone groups is 1. The van der Waals surface area contributed by atoms with E-state index in [2.05, 4.69) is 32.3 Å². The second-order valence-electron chi connectivity index (χ2n) is 8.16. The van der Waals surface area contributed by atoms with Gasteiger partial charge in [0.25, 0.3) is 0 Å². The lowest BCUT2D eigenvalue weighted by Gasteiger charge is -2.07. The third kappa shape index (κ3) is 3.50. The van der Waals surface area contributed by atoms with E-state index in [9.17, 15) is 21.6 Å². The predicted molar refractivity (Wildman–Crippen MR) is 114 cm³/mol. The molecule has 2 atom stereocenters. The maximum atomic E-state index is 13.1. The number of nitrogens with one attached hydrogen (secondary N) is 1. The molecule has 0 amide bonds. The first-order chi connectivity index (χ1) is 15.5. The van der Waals surface area contributed by atoms with Crippen molar-refractivity contribution in [3.63, 3.8) is 0 Å². The van der Waals surface area contributed by atoms with E-state index in [-0.39, 0.29) is 39.4 Å². The minimum absolute atomic E-state index is 0.0371. The highest BCUT2D eigenvalue weighted by Crippen LogP contribution is 2.37. The lowest BCUT2D eigenvalue weighted by atomic mass is 10.3. The van der Waals surface area contributed by atoms with Crippen molar-refractivity contribution >= 4 is 32.3 Å². The Labute approximate surface area is 186 Å². The van der Waals surface area contributed by atoms with Crippen molar-refractivity contribution in [3.05, 3.63) is 30.2 Å². The molecule has 4 heterocycles. The smallest absolute Gasteiger partial charge is 0.367 e. The number of halogens is 3. The molecule has 1 aliphatic carbocycles. The molecular weight excluding hydrogens is 459 g/mol. The van der Waals surface area contributed by atoms with Crippen molar-refractivity contribution in [1.82, 2.24) is 29.1 Å². The van der Waals surface area contributed by atoms with E-state index in [4.69, 9.17) is 0 Å². The van der Waals surface area contributed by atoms with Gasteiger partial charge in [0, 0.05) is 19.3 Å². The van der Waals surface area contributed by atoms with Gasteiger partial charge in [-0.25, -0.2) is 23.4 Å². The number of hydrogen-bond acceptors (Lipinski definition) is 7. The SMILES string of the molecule is CCS(=O)(=O)c1nn2c(NC3CC3C)ccnc2c1-c1nc2cc(C(F)(F)F)ncc2n1C. The number of rotatable bonds is 5. The van der Waals surface area contributed by atoms with Crippen LogP contribution in [0.1, 0.15) is 26.0 Å². The molecule has 0 aliphatic heterocycles. The van der Waals surface area contributed by atoms with Gasteiger partial charge in [-0.15, -0.1) is 0 Å². The largest absolute Gasteiger partial charge is 0.433 e. The summed E-state index contributed by atoms with van der Waals surface area (Å²) in [6.07, 6.45) is -1.04. The van der Waals surface area contributed by atoms with Gasteiger partial charge in [-0.3, -0.25) is 0 Å². The number of nitrogens with zero attached hydrogens (tertiary/aromatic N) is 6. The van der Waals surface area contributed by atoms with Crippen LogP contribution < -0.4 is 5.32 Å². The molecule has 1 aliphatic rings. The Hall–Kier alpha value is -3.22. The number of anilines is 1. The number of imidazole rings is 1. The lowest BCUT2D eigenvalue weighted by molar-refractivity contribution is -0.141. The summed E-state index contributed by atoms with van der Waals surface area (Å²) in [5, 5.41) is 7.47. The van der Waals surface area contributed by atoms with Crippen LogP contribution in [0.4, 0.5) is 19.0 Å². The van der Waals surface area contributed by atoms with E-state index in [0.29, 0.717) is 17.3 Å². The minimum atomic E-state index is -4.63. The molecule has 4 aromatic rings. The molecular formula is C20H20F3N7O2S. The first kappa shape index (κ1) is 21.6. The van der Waals surface area contributed by atoms with E-state index in [1.54, 1.807) is 13.1 Å². The zero-order valence-electron chi connectivity index (χ0n) is 17.9. The average molecular weight is 479 g/mol. The average Bonchev–Trinajstić information content (AvgIpc) is 3.17. The second-order valence-corrected chi connectivity index (χ2v) is 10.4. The van der Waals surface area contributed by atoms with Gasteiger partial charge < -0.3 is 9.88 Å². The highest BCUT2D eigenvalue weighted by atomic mass is 32.2. The van der Waals surface area contributed by atoms with Gasteiger partial charge in [0.2, 0.25) is 0 Å². The molecule has 1 saturated carbocycles. The number of aryl methyl sites for hydroxylation is 1. The Morgan fingerprint density at radius 3 is 2.64 bits per heavy atom. The normalized spacial score (nSPS) is 18.8. The standard InChI is InChI=1S/C20H20F3N7O2S/c1-4-33(31,32)19-16(17-24-6-5-15(30(17)28-19)26-11-7-10(11)2)18-27-12-8-14(20(21,22)23)25-9-13(12)29(18)3/h5-6,8-11,26H,4,7H2,1-3H3. The van der Waals surface area contributed by atoms with Crippen LogP contribution in [0, 0.1) is 5.92 Å². The van der Waals surface area contributed by atoms with Crippen LogP contribution >= 0.6 is 0 Å². The summed E-state index contributed by atoms with van der Waals surface area (Å²) in [7, 11) is -2.23. The Morgan fingerprint density at radius 2 is 2.00 bits per heavy atom. The van der Waals surface area contributed by atoms with Crippen LogP contribution in [0.5, 0.6) is 0 Å². The third-order valence-corrected chi connectivity index (χ3v) is 7.52. The number of hydrogen-bond donors (Lipinski definition) is 1. The summed E-state index contributed by atoms with van der Waals surface area (Å²) >= 11 is 0. The molecule has 174 valence electrons. The van der Waals surface area contributed by atoms with Crippen molar-refractivity contribution in [2.45, 2.75) is 37.5 Å². The first-order valence-corrected chi connectivity index (χ1v) is 11.9. The summed E-state index contributed by atoms with van der Waals surface area (Å²) in [5.74, 6) is 0.985. The van der Waals surface area contributed by atoms with Crippen molar-refractivity contribution in [2.75, 3.05) is 11.1 Å². The molecule has 1 fully saturated rings. The Morgan fingerprint density at radius 1 is 1.27 bits per heavy atom. The van der Waals surface area contributed by atoms with Crippen molar-refractivity contribution in [3.8, 4) is 11.4 Å². The molecule has 0 spiro atoms. The van der Waals surface area contributed by atoms with Crippen LogP contribution in [0.25, 0.3) is 28.1 Å². The quantitative estimate of drug-likeness (QED) is 0.468. The summed E-state index contributed by atoms with van der Waals surface area (Å²) in [6.45, 7) is 3.59. The lowest BCUT2D eigenvalue weighted by Crippen LogP contribution is -2.10. The summed E-state index contributed by atoms with van der Waals surface area (Å²) < 4.78 is 68.3. The first-order valence-electron chi connectivity index (χ1n) is 10.3. The Bertz CT molecular complexity index is 1510. The van der Waals surface area contributed by atoms with E-state index in [1.807, 2.05) is 0 Å². The van der Waals surface area contributed by atoms with Crippen LogP contribution in [-0.4, -0.2) is 49.3 Å². The van der Waals surface area contributed by atoms with Gasteiger partial charge in [-0.05, 0) is 24.5 Å². The summed E-state index contributed by atoms with van der Waals surface area (Å²) in [4.78, 5) is 12.2. The van der Waals surface area contributed by atoms with E-state index in [0.717, 1.165) is 18.7 Å². The van der Waals surface area contributed by atoms with Gasteiger partial charge in [-0.1, -0.05) is 13.8 Å². The molecule has 0 bridgehead atoms. The molecule has 13 heteroatoms. The van der Waals surface area contributed by atoms with Crippen molar-refractivity contribution in [1.29, 1.82) is 0 Å². The van der Waals surface area contributed by atoms with Gasteiger partial charge in [0.05, 0.1) is 23.0 Å². The van der Waals surface area contributed by atoms with Gasteiger partial charge in [0.1, 0.15) is 22.9 Å². The number of pyridine rings is 1. The summed E-state index contributed by atoms with van der Waals surface area (Å²) in [6, 6.07) is 2.79. The molecule has 0 saturated heterocycles. The Kier molecular flexibility index (Phi) is 4.68. The third-order valence-electron chi connectivity index (χ3n) is 5.88. The van der Waals surface area contributed by atoms with Crippen LogP contribution in [-0.2, 0) is 23.1 Å². The maximum Gasteiger partial charge on any atom is 0.433 e. The zero-order valence-corrected chi connectivity index (χ0v) is 18.7. The monoisotopic (exact) mass is 479 g/mol. The molecule has 2 unspecified atom stereocenters. The summed E-state index contributed by atoms with van der Waals surface area (Å²) in [5.41, 5.74) is -0.350. The van der Waals surface area contributed by atoms with Gasteiger partial charge in [-0.2, -0.15) is 22.8 Å². The van der Waals surface area contributed by atoms with Crippen molar-refractivity contribution < 1.29 is 21.6 Å². The Balaban J connectivity index is 1.78. The van der Waals surface area contributed by atoms with E-state index in [1.165, 1.54) is 22.2 Å². The number of aromatic nitrogens is 6. The number of fused-ring (bicyclic) bond motifs is 2. The number of alkyl halides is 3. The highest BCUT2D eigenvalue weighted by Gasteiger charge is 2.35. The zero-order chi connectivity index (χ0) is 23.7. The van der Waals surface area contributed by atoms with Crippen LogP contribution in [0.15, 0.2) is 29.6 Å². The van der Waals surface area contributed by atoms with Crippen LogP contribution in [0.2, 0.25) is 0 Å². The molecule has 5 rings (SSSR count). The maximum absolute atomic E-state index is 13.1. The fraction of sp³-hybridized carbons (Fsp3) is 0.400. The molecule has 33 heavy (non-hydrogen) atoms. The van der Waals surface area contributed by atoms with Gasteiger partial charge >= 0.3 is 6.18 Å². The van der Waals surface area contributed by atoms with E-state index < -0.39 is 21.7 Å². The fourth-order valence-corrected chi connectivity index (χ4v) is 4.74. The van der Waals surface area contributed by atoms with Crippen molar-refractivity contribution in [2.24, 2.45) is 13.0 Å². The minimum Gasteiger partial charge on any atom is -0.367 e. The molecule has 4 aromatic heterocycles. The second kappa shape index (κ2) is 7.14. The fourth-order valence-electron chi connectivity index (χ4n) is 3.77.